The summed E-state index contributed by atoms with van der Waals surface area (Å²) in [7, 11) is 4.20. The van der Waals surface area contributed by atoms with Crippen molar-refractivity contribution < 1.29 is 67.8 Å². The van der Waals surface area contributed by atoms with Gasteiger partial charge < -0.3 is 63.0 Å². The Labute approximate surface area is 210 Å². The molecule has 7 N–H and O–H groups in total. The Balaban J connectivity index is 0.00000181. The summed E-state index contributed by atoms with van der Waals surface area (Å²) < 4.78 is 1.90. The molecule has 12 heteroatoms. The van der Waals surface area contributed by atoms with E-state index in [2.05, 4.69) is 24.4 Å². The zero-order valence-corrected chi connectivity index (χ0v) is 20.8. The second kappa shape index (κ2) is 12.5. The van der Waals surface area contributed by atoms with Gasteiger partial charge in [0.15, 0.2) is 0 Å². The number of pyridine rings is 1. The van der Waals surface area contributed by atoms with Crippen LogP contribution in [-0.4, -0.2) is 77.6 Å². The van der Waals surface area contributed by atoms with Crippen molar-refractivity contribution in [1.82, 2.24) is 14.8 Å². The van der Waals surface area contributed by atoms with E-state index in [1.807, 2.05) is 22.1 Å². The first-order chi connectivity index (χ1) is 14.5. The first-order valence-corrected chi connectivity index (χ1v) is 10.3. The van der Waals surface area contributed by atoms with Gasteiger partial charge in [-0.1, -0.05) is 0 Å². The molecule has 0 fully saturated rings. The van der Waals surface area contributed by atoms with Crippen LogP contribution in [0.25, 0.3) is 22.2 Å². The van der Waals surface area contributed by atoms with E-state index >= 15 is 0 Å². The molecule has 9 nitrogen and oxygen atoms in total. The molecule has 1 aliphatic rings. The molecule has 182 valence electrons. The molecular weight excluding hydrogens is 491 g/mol. The van der Waals surface area contributed by atoms with Gasteiger partial charge in [-0.05, 0) is 6.07 Å². The molecule has 2 aromatic heterocycles. The summed E-state index contributed by atoms with van der Waals surface area (Å²) in [6.45, 7) is 4.01. The van der Waals surface area contributed by atoms with E-state index in [1.54, 1.807) is 6.20 Å². The maximum absolute atomic E-state index is 13.5. The minimum atomic E-state index is -0.183. The van der Waals surface area contributed by atoms with E-state index in [4.69, 9.17) is 10.2 Å². The Bertz CT molecular complexity index is 1110. The minimum absolute atomic E-state index is 0. The summed E-state index contributed by atoms with van der Waals surface area (Å²) in [6.07, 6.45) is 2.91. The number of rotatable bonds is 9. The van der Waals surface area contributed by atoms with E-state index in [9.17, 15) is 9.90 Å². The van der Waals surface area contributed by atoms with Gasteiger partial charge in [-0.25, -0.2) is 0 Å². The van der Waals surface area contributed by atoms with E-state index in [-0.39, 0.29) is 60.9 Å². The number of hydrogen-bond acceptors (Lipinski definition) is 5. The number of fused-ring (bicyclic) bond motifs is 2. The highest BCUT2D eigenvalue weighted by molar-refractivity contribution is 6.27. The fourth-order valence-electron chi connectivity index (χ4n) is 4.02. The summed E-state index contributed by atoms with van der Waals surface area (Å²) in [5, 5.41) is 29.1. The average molecular weight is 520 g/mol. The van der Waals surface area contributed by atoms with Gasteiger partial charge in [0, 0.05) is 23.2 Å². The number of benzene rings is 1. The number of carbonyl (C=O) groups is 1. The Kier molecular flexibility index (Phi) is 11.0. The lowest BCUT2D eigenvalue weighted by Crippen LogP contribution is -3.08. The predicted octanol–water partition coefficient (Wildman–Crippen LogP) is -11.7. The molecule has 3 aromatic rings. The van der Waals surface area contributed by atoms with Crippen LogP contribution >= 0.6 is 0 Å². The van der Waals surface area contributed by atoms with Crippen LogP contribution in [0.1, 0.15) is 15.9 Å². The summed E-state index contributed by atoms with van der Waals surface area (Å²) in [6, 6.07) is 3.99. The largest absolute Gasteiger partial charge is 1.00 e. The molecule has 0 amide bonds. The molecule has 0 unspecified atom stereocenters. The van der Waals surface area contributed by atoms with Crippen LogP contribution in [0.5, 0.6) is 5.75 Å². The van der Waals surface area contributed by atoms with Crippen molar-refractivity contribution in [2.45, 2.75) is 6.54 Å². The summed E-state index contributed by atoms with van der Waals surface area (Å²) in [5.74, 6) is -0.299. The van der Waals surface area contributed by atoms with Gasteiger partial charge in [0.25, 0.3) is 0 Å². The molecule has 0 aliphatic heterocycles. The number of aliphatic hydroxyl groups is 1. The first kappa shape index (κ1) is 29.1. The van der Waals surface area contributed by atoms with Gasteiger partial charge in [0.2, 0.25) is 5.78 Å². The highest BCUT2D eigenvalue weighted by atomic mass is 35.5. The zero-order valence-electron chi connectivity index (χ0n) is 18.5. The molecule has 1 aromatic carbocycles. The lowest BCUT2D eigenvalue weighted by atomic mass is 9.87. The molecule has 33 heavy (non-hydrogen) atoms. The molecule has 4 rings (SSSR count). The monoisotopic (exact) mass is 518 g/mol. The van der Waals surface area contributed by atoms with Gasteiger partial charge in [-0.2, -0.15) is 5.10 Å². The second-order valence-electron chi connectivity index (χ2n) is 7.95. The van der Waals surface area contributed by atoms with Crippen molar-refractivity contribution in [3.63, 3.8) is 0 Å². The van der Waals surface area contributed by atoms with Crippen LogP contribution < -0.4 is 52.8 Å². The SMILES string of the molecule is C[NH+](C)CC[NH2+]c1ccc2c3c(nn2CC[NH2+]CCO)-c2cncc(O)c2C(=O)c13.[Cl-].[Cl-].[Cl-]. The number of nitrogens with two attached hydrogens (primary N) is 2. The number of nitrogens with zero attached hydrogens (tertiary/aromatic N) is 3. The highest BCUT2D eigenvalue weighted by Gasteiger charge is 2.34. The summed E-state index contributed by atoms with van der Waals surface area (Å²) in [4.78, 5) is 18.9. The Morgan fingerprint density at radius 2 is 1.82 bits per heavy atom. The number of aromatic hydroxyl groups is 1. The standard InChI is InChI=1S/C21H26N6O3.3ClH/c1-26(2)8-6-24-14-3-4-15-19-18(14)21(30)17-13(11-23-12-16(17)29)20(19)25-27(15)9-5-22-7-10-28;;;/h3-4,11-12,22,24,28-29H,5-10H2,1-2H3;3*1H. The van der Waals surface area contributed by atoms with Crippen LogP contribution in [0.2, 0.25) is 0 Å². The topological polar surface area (TPSA) is 126 Å². The molecule has 0 spiro atoms. The van der Waals surface area contributed by atoms with Gasteiger partial charge in [-0.15, -0.1) is 0 Å². The predicted molar refractivity (Wildman–Crippen MR) is 111 cm³/mol. The van der Waals surface area contributed by atoms with Crippen molar-refractivity contribution in [1.29, 1.82) is 0 Å². The third-order valence-electron chi connectivity index (χ3n) is 5.47. The van der Waals surface area contributed by atoms with Crippen molar-refractivity contribution >= 4 is 22.4 Å². The van der Waals surface area contributed by atoms with Crippen LogP contribution in [-0.2, 0) is 6.54 Å². The summed E-state index contributed by atoms with van der Waals surface area (Å²) >= 11 is 0. The molecule has 0 saturated carbocycles. The Morgan fingerprint density at radius 1 is 1.06 bits per heavy atom. The quantitative estimate of drug-likeness (QED) is 0.111. The van der Waals surface area contributed by atoms with Crippen molar-refractivity contribution in [2.75, 3.05) is 46.9 Å². The second-order valence-corrected chi connectivity index (χ2v) is 7.95. The third kappa shape index (κ3) is 5.58. The van der Waals surface area contributed by atoms with E-state index in [1.165, 1.54) is 11.1 Å². The Hall–Kier alpha value is -1.98. The van der Waals surface area contributed by atoms with Crippen LogP contribution in [0.4, 0.5) is 5.69 Å². The number of hydrogen-bond donors (Lipinski definition) is 5. The van der Waals surface area contributed by atoms with Crippen LogP contribution in [0.3, 0.4) is 0 Å². The van der Waals surface area contributed by atoms with Gasteiger partial charge in [0.05, 0.1) is 63.2 Å². The summed E-state index contributed by atoms with van der Waals surface area (Å²) in [5.41, 5.74) is 3.92. The maximum Gasteiger partial charge on any atom is 0.204 e. The van der Waals surface area contributed by atoms with Gasteiger partial charge in [-0.3, -0.25) is 14.5 Å². The van der Waals surface area contributed by atoms with E-state index in [0.29, 0.717) is 29.9 Å². The van der Waals surface area contributed by atoms with Crippen LogP contribution in [0.15, 0.2) is 24.5 Å². The average Bonchev–Trinajstić information content (AvgIpc) is 3.08. The van der Waals surface area contributed by atoms with Crippen molar-refractivity contribution in [2.24, 2.45) is 0 Å². The maximum atomic E-state index is 13.5. The number of carbonyl (C=O) groups excluding carboxylic acids is 1. The first-order valence-electron chi connectivity index (χ1n) is 10.3. The van der Waals surface area contributed by atoms with E-state index in [0.717, 1.165) is 36.2 Å². The van der Waals surface area contributed by atoms with Crippen LogP contribution in [0, 0.1) is 0 Å². The highest BCUT2D eigenvalue weighted by Crippen LogP contribution is 2.42. The molecule has 0 radical (unpaired) electrons. The number of aliphatic hydroxyl groups excluding tert-OH is 1. The number of aromatic nitrogens is 3. The minimum Gasteiger partial charge on any atom is -1.00 e. The molecule has 0 saturated heterocycles. The third-order valence-corrected chi connectivity index (χ3v) is 5.47. The van der Waals surface area contributed by atoms with Crippen molar-refractivity contribution in [3.05, 3.63) is 35.7 Å². The lowest BCUT2D eigenvalue weighted by molar-refractivity contribution is -0.870. The molecule has 2 heterocycles. The number of quaternary nitrogens is 3. The molecule has 1 aliphatic carbocycles. The number of ketones is 1. The number of likely N-dealkylation sites (N-methyl/N-ethyl adjacent to an activating group) is 1. The number of nitrogens with one attached hydrogen (secondary N) is 1. The van der Waals surface area contributed by atoms with Crippen molar-refractivity contribution in [3.8, 4) is 17.0 Å². The zero-order chi connectivity index (χ0) is 21.3. The van der Waals surface area contributed by atoms with Gasteiger partial charge >= 0.3 is 0 Å². The Morgan fingerprint density at radius 3 is 2.52 bits per heavy atom. The lowest BCUT2D eigenvalue weighted by Gasteiger charge is -2.17. The van der Waals surface area contributed by atoms with E-state index < -0.39 is 0 Å². The molecular formula is C21H29Cl3N6O3. The smallest absolute Gasteiger partial charge is 0.204 e. The number of halogens is 3. The molecule has 0 atom stereocenters. The van der Waals surface area contributed by atoms with Gasteiger partial charge in [0.1, 0.15) is 30.2 Å². The normalized spacial score (nSPS) is 11.6. The molecule has 0 bridgehead atoms. The fourth-order valence-corrected chi connectivity index (χ4v) is 4.02. The fraction of sp³-hybridized carbons (Fsp3) is 0.381.